The first-order valence-corrected chi connectivity index (χ1v) is 12.3. The number of hydrogen-bond acceptors (Lipinski definition) is 5. The molecule has 1 aromatic carbocycles. The summed E-state index contributed by atoms with van der Waals surface area (Å²) in [5, 5.41) is 11.4. The summed E-state index contributed by atoms with van der Waals surface area (Å²) in [5.74, 6) is 0.206. The van der Waals surface area contributed by atoms with E-state index < -0.39 is 5.60 Å². The highest BCUT2D eigenvalue weighted by Crippen LogP contribution is 2.34. The molecule has 0 saturated carbocycles. The average molecular weight is 434 g/mol. The van der Waals surface area contributed by atoms with E-state index in [1.165, 1.54) is 36.0 Å². The van der Waals surface area contributed by atoms with Crippen LogP contribution in [0.4, 0.5) is 0 Å². The van der Waals surface area contributed by atoms with E-state index >= 15 is 0 Å². The number of likely N-dealkylation sites (tertiary alicyclic amines) is 2. The van der Waals surface area contributed by atoms with Gasteiger partial charge in [-0.3, -0.25) is 19.6 Å². The average Bonchev–Trinajstić information content (AvgIpc) is 3.29. The van der Waals surface area contributed by atoms with Crippen LogP contribution < -0.4 is 0 Å². The maximum atomic E-state index is 12.9. The number of nitrogens with zero attached hydrogens (tertiary/aromatic N) is 3. The Bertz CT molecular complexity index is 937. The molecule has 0 amide bonds. The van der Waals surface area contributed by atoms with Crippen molar-refractivity contribution < 1.29 is 9.90 Å². The molecular formula is C27H35N3O2. The monoisotopic (exact) mass is 433 g/mol. The molecule has 170 valence electrons. The number of ketones is 1. The molecule has 1 N–H and O–H groups in total. The van der Waals surface area contributed by atoms with Crippen molar-refractivity contribution in [3.05, 3.63) is 65.0 Å². The lowest BCUT2D eigenvalue weighted by Gasteiger charge is -2.44. The first-order valence-electron chi connectivity index (χ1n) is 12.3. The van der Waals surface area contributed by atoms with E-state index in [0.717, 1.165) is 57.3 Å². The highest BCUT2D eigenvalue weighted by atomic mass is 16.3. The first kappa shape index (κ1) is 21.7. The summed E-state index contributed by atoms with van der Waals surface area (Å²) in [6.45, 7) is 3.75. The molecule has 2 aliphatic heterocycles. The summed E-state index contributed by atoms with van der Waals surface area (Å²) in [5.41, 5.74) is 4.19. The van der Waals surface area contributed by atoms with Crippen LogP contribution in [0.1, 0.15) is 71.6 Å². The predicted molar refractivity (Wildman–Crippen MR) is 126 cm³/mol. The van der Waals surface area contributed by atoms with Crippen LogP contribution in [0.3, 0.4) is 0 Å². The fourth-order valence-electron chi connectivity index (χ4n) is 5.83. The van der Waals surface area contributed by atoms with Crippen molar-refractivity contribution >= 4 is 5.78 Å². The largest absolute Gasteiger partial charge is 0.388 e. The van der Waals surface area contributed by atoms with E-state index in [4.69, 9.17) is 0 Å². The van der Waals surface area contributed by atoms with E-state index in [1.54, 1.807) is 0 Å². The fraction of sp³-hybridized carbons (Fsp3) is 0.556. The third-order valence-corrected chi connectivity index (χ3v) is 7.75. The van der Waals surface area contributed by atoms with Gasteiger partial charge in [-0.15, -0.1) is 0 Å². The summed E-state index contributed by atoms with van der Waals surface area (Å²) in [6, 6.07) is 10.8. The summed E-state index contributed by atoms with van der Waals surface area (Å²) in [6.07, 6.45) is 12.2. The molecule has 0 unspecified atom stereocenters. The van der Waals surface area contributed by atoms with Crippen LogP contribution in [-0.4, -0.2) is 64.0 Å². The van der Waals surface area contributed by atoms with Crippen molar-refractivity contribution in [2.24, 2.45) is 0 Å². The number of fused-ring (bicyclic) bond motifs is 1. The van der Waals surface area contributed by atoms with Gasteiger partial charge < -0.3 is 5.11 Å². The van der Waals surface area contributed by atoms with Crippen LogP contribution >= 0.6 is 0 Å². The summed E-state index contributed by atoms with van der Waals surface area (Å²) < 4.78 is 0. The van der Waals surface area contributed by atoms with Gasteiger partial charge in [0.1, 0.15) is 0 Å². The molecule has 2 aromatic rings. The predicted octanol–water partition coefficient (Wildman–Crippen LogP) is 3.81. The van der Waals surface area contributed by atoms with Gasteiger partial charge in [-0.05, 0) is 80.3 Å². The second kappa shape index (κ2) is 9.42. The van der Waals surface area contributed by atoms with Crippen molar-refractivity contribution in [1.29, 1.82) is 0 Å². The van der Waals surface area contributed by atoms with Gasteiger partial charge in [-0.1, -0.05) is 24.6 Å². The minimum absolute atomic E-state index is 0.206. The Labute approximate surface area is 191 Å². The maximum Gasteiger partial charge on any atom is 0.176 e. The lowest BCUT2D eigenvalue weighted by molar-refractivity contribution is -0.0574. The molecule has 1 atom stereocenters. The Morgan fingerprint density at radius 2 is 1.91 bits per heavy atom. The van der Waals surface area contributed by atoms with Crippen molar-refractivity contribution in [3.63, 3.8) is 0 Å². The van der Waals surface area contributed by atoms with Crippen molar-refractivity contribution in [3.8, 4) is 0 Å². The standard InChI is InChI=1S/C27H35N3O2/c31-26(23-10-9-21-5-3-6-22(21)17-23)19-29-15-11-27(32,12-16-29)20-30-14-2-1-8-25(30)24-7-4-13-28-18-24/h4,7,9-10,13,17-18,25,32H,1-3,5-6,8,11-12,14-16,19-20H2/t25-/m1/s1. The number of aliphatic hydroxyl groups is 1. The molecule has 1 aliphatic carbocycles. The zero-order chi connectivity index (χ0) is 22.0. The van der Waals surface area contributed by atoms with Crippen LogP contribution in [0, 0.1) is 0 Å². The number of aromatic nitrogens is 1. The highest BCUT2D eigenvalue weighted by Gasteiger charge is 2.37. The van der Waals surface area contributed by atoms with Crippen LogP contribution in [0.5, 0.6) is 0 Å². The van der Waals surface area contributed by atoms with E-state index in [1.807, 2.05) is 24.5 Å². The van der Waals surface area contributed by atoms with E-state index in [2.05, 4.69) is 33.0 Å². The molecule has 1 aromatic heterocycles. The number of carbonyl (C=O) groups is 1. The number of Topliss-reactive ketones (excluding diaryl/α,β-unsaturated/α-hetero) is 1. The van der Waals surface area contributed by atoms with Gasteiger partial charge >= 0.3 is 0 Å². The number of piperidine rings is 2. The fourth-order valence-corrected chi connectivity index (χ4v) is 5.83. The molecule has 2 saturated heterocycles. The minimum atomic E-state index is -0.676. The lowest BCUT2D eigenvalue weighted by atomic mass is 9.87. The Kier molecular flexibility index (Phi) is 6.40. The van der Waals surface area contributed by atoms with Crippen molar-refractivity contribution in [2.45, 2.75) is 63.0 Å². The molecular weight excluding hydrogens is 398 g/mol. The number of carbonyl (C=O) groups excluding carboxylic acids is 1. The quantitative estimate of drug-likeness (QED) is 0.702. The Balaban J connectivity index is 1.17. The van der Waals surface area contributed by atoms with Crippen molar-refractivity contribution in [2.75, 3.05) is 32.7 Å². The van der Waals surface area contributed by atoms with Crippen LogP contribution in [0.25, 0.3) is 0 Å². The second-order valence-electron chi connectivity index (χ2n) is 10.0. The maximum absolute atomic E-state index is 12.9. The second-order valence-corrected chi connectivity index (χ2v) is 10.0. The molecule has 5 heteroatoms. The van der Waals surface area contributed by atoms with Crippen LogP contribution in [0.15, 0.2) is 42.7 Å². The molecule has 0 bridgehead atoms. The summed E-state index contributed by atoms with van der Waals surface area (Å²) >= 11 is 0. The topological polar surface area (TPSA) is 56.7 Å². The molecule has 32 heavy (non-hydrogen) atoms. The zero-order valence-corrected chi connectivity index (χ0v) is 19.0. The number of β-amino-alcohol motifs (C(OH)–C–C–N with tert-alkyl or cyclic N) is 1. The first-order chi connectivity index (χ1) is 15.6. The van der Waals surface area contributed by atoms with E-state index in [9.17, 15) is 9.90 Å². The van der Waals surface area contributed by atoms with Gasteiger partial charge in [-0.25, -0.2) is 0 Å². The molecule has 0 radical (unpaired) electrons. The number of benzene rings is 1. The van der Waals surface area contributed by atoms with Gasteiger partial charge in [0.2, 0.25) is 0 Å². The van der Waals surface area contributed by atoms with Gasteiger partial charge in [0, 0.05) is 43.6 Å². The van der Waals surface area contributed by atoms with Gasteiger partial charge in [-0.2, -0.15) is 0 Å². The summed E-state index contributed by atoms with van der Waals surface area (Å²) in [4.78, 5) is 21.9. The van der Waals surface area contributed by atoms with Gasteiger partial charge in [0.15, 0.2) is 5.78 Å². The van der Waals surface area contributed by atoms with Crippen molar-refractivity contribution in [1.82, 2.24) is 14.8 Å². The van der Waals surface area contributed by atoms with E-state index in [-0.39, 0.29) is 5.78 Å². The Morgan fingerprint density at radius 3 is 2.72 bits per heavy atom. The molecule has 3 heterocycles. The molecule has 5 nitrogen and oxygen atoms in total. The number of hydrogen-bond donors (Lipinski definition) is 1. The Morgan fingerprint density at radius 1 is 1.06 bits per heavy atom. The molecule has 2 fully saturated rings. The molecule has 5 rings (SSSR count). The normalized spacial score (nSPS) is 23.7. The summed E-state index contributed by atoms with van der Waals surface area (Å²) in [7, 11) is 0. The van der Waals surface area contributed by atoms with Crippen LogP contribution in [-0.2, 0) is 12.8 Å². The molecule has 0 spiro atoms. The van der Waals surface area contributed by atoms with Gasteiger partial charge in [0.05, 0.1) is 12.1 Å². The van der Waals surface area contributed by atoms with Gasteiger partial charge in [0.25, 0.3) is 0 Å². The number of aryl methyl sites for hydroxylation is 2. The Hall–Kier alpha value is -2.08. The number of rotatable bonds is 6. The number of pyridine rings is 1. The zero-order valence-electron chi connectivity index (χ0n) is 19.0. The lowest BCUT2D eigenvalue weighted by Crippen LogP contribution is -2.53. The third-order valence-electron chi connectivity index (χ3n) is 7.75. The van der Waals surface area contributed by atoms with E-state index in [0.29, 0.717) is 19.1 Å². The SMILES string of the molecule is O=C(CN1CCC(O)(CN2CCCC[C@@H]2c2cccnc2)CC1)c1ccc2c(c1)CCC2. The molecule has 3 aliphatic rings. The smallest absolute Gasteiger partial charge is 0.176 e. The third kappa shape index (κ3) is 4.80. The minimum Gasteiger partial charge on any atom is -0.388 e. The highest BCUT2D eigenvalue weighted by molar-refractivity contribution is 5.97. The van der Waals surface area contributed by atoms with Crippen LogP contribution in [0.2, 0.25) is 0 Å².